The van der Waals surface area contributed by atoms with Gasteiger partial charge in [0, 0.05) is 23.1 Å². The topological polar surface area (TPSA) is 156 Å². The van der Waals surface area contributed by atoms with Crippen molar-refractivity contribution < 1.29 is 21.6 Å². The van der Waals surface area contributed by atoms with Crippen LogP contribution < -0.4 is 10.5 Å². The molecule has 12 heteroatoms. The highest BCUT2D eigenvalue weighted by molar-refractivity contribution is 7.93. The predicted octanol–water partition coefficient (Wildman–Crippen LogP) is 2.76. The molecule has 170 valence electrons. The molecule has 0 fully saturated rings. The van der Waals surface area contributed by atoms with E-state index in [0.717, 1.165) is 12.5 Å². The molecular formula is C21H17ClN4O5S2. The lowest BCUT2D eigenvalue weighted by Crippen LogP contribution is -2.21. The van der Waals surface area contributed by atoms with Crippen molar-refractivity contribution in [1.29, 1.82) is 5.26 Å². The van der Waals surface area contributed by atoms with Crippen LogP contribution in [0.1, 0.15) is 17.0 Å². The number of nitrogens with one attached hydrogen (secondary N) is 1. The zero-order valence-electron chi connectivity index (χ0n) is 17.3. The standard InChI is InChI=1S/C21H17ClN4O5S2/c1-32(27,28)15-8-5-12(9-16(15)33(2,29)30)17-14(10-23)20(24)31-21-18(17)19(25-26-21)11-3-6-13(22)7-4-11/h3-9,17H,24H2,1-2H3,(H,25,26). The number of hydrogen-bond donors (Lipinski definition) is 2. The van der Waals surface area contributed by atoms with Crippen LogP contribution in [-0.2, 0) is 19.7 Å². The Balaban J connectivity index is 2.01. The van der Waals surface area contributed by atoms with Crippen molar-refractivity contribution in [1.82, 2.24) is 10.2 Å². The molecule has 9 nitrogen and oxygen atoms in total. The number of nitriles is 1. The summed E-state index contributed by atoms with van der Waals surface area (Å²) >= 11 is 5.99. The lowest BCUT2D eigenvalue weighted by atomic mass is 9.83. The molecular weight excluding hydrogens is 488 g/mol. The van der Waals surface area contributed by atoms with Crippen LogP contribution in [0.5, 0.6) is 5.88 Å². The average molecular weight is 505 g/mol. The van der Waals surface area contributed by atoms with Crippen molar-refractivity contribution in [3.8, 4) is 23.2 Å². The second-order valence-electron chi connectivity index (χ2n) is 7.50. The SMILES string of the molecule is CS(=O)(=O)c1ccc(C2C(C#N)=C(N)Oc3n[nH]c(-c4ccc(Cl)cc4)c32)cc1S(C)(=O)=O. The Hall–Kier alpha value is -3.33. The first-order chi connectivity index (χ1) is 15.4. The number of H-pyrrole nitrogens is 1. The Bertz CT molecular complexity index is 1570. The molecule has 3 N–H and O–H groups in total. The molecule has 1 atom stereocenters. The van der Waals surface area contributed by atoms with Gasteiger partial charge in [-0.25, -0.2) is 16.8 Å². The van der Waals surface area contributed by atoms with Gasteiger partial charge in [0.2, 0.25) is 11.8 Å². The molecule has 0 spiro atoms. The van der Waals surface area contributed by atoms with Crippen molar-refractivity contribution in [3.63, 3.8) is 0 Å². The summed E-state index contributed by atoms with van der Waals surface area (Å²) in [5, 5.41) is 17.4. The number of nitrogens with zero attached hydrogens (tertiary/aromatic N) is 2. The van der Waals surface area contributed by atoms with E-state index >= 15 is 0 Å². The van der Waals surface area contributed by atoms with E-state index in [9.17, 15) is 22.1 Å². The monoisotopic (exact) mass is 504 g/mol. The molecule has 1 unspecified atom stereocenters. The van der Waals surface area contributed by atoms with Gasteiger partial charge in [0.15, 0.2) is 19.7 Å². The molecule has 1 aliphatic heterocycles. The first kappa shape index (κ1) is 22.8. The zero-order chi connectivity index (χ0) is 24.1. The Morgan fingerprint density at radius 3 is 2.27 bits per heavy atom. The number of ether oxygens (including phenoxy) is 1. The highest BCUT2D eigenvalue weighted by Crippen LogP contribution is 2.46. The number of nitrogens with two attached hydrogens (primary N) is 1. The van der Waals surface area contributed by atoms with E-state index in [1.807, 2.05) is 6.07 Å². The van der Waals surface area contributed by atoms with Crippen LogP contribution in [0.25, 0.3) is 11.3 Å². The number of hydrogen-bond acceptors (Lipinski definition) is 8. The van der Waals surface area contributed by atoms with Crippen LogP contribution >= 0.6 is 11.6 Å². The highest BCUT2D eigenvalue weighted by atomic mass is 35.5. The summed E-state index contributed by atoms with van der Waals surface area (Å²) in [4.78, 5) is -0.704. The minimum atomic E-state index is -3.93. The second-order valence-corrected chi connectivity index (χ2v) is 11.9. The number of sulfone groups is 2. The van der Waals surface area contributed by atoms with E-state index in [1.165, 1.54) is 18.2 Å². The maximum Gasteiger partial charge on any atom is 0.244 e. The summed E-state index contributed by atoms with van der Waals surface area (Å²) in [6.07, 6.45) is 1.85. The van der Waals surface area contributed by atoms with E-state index in [1.54, 1.807) is 24.3 Å². The van der Waals surface area contributed by atoms with Crippen LogP contribution in [0.3, 0.4) is 0 Å². The van der Waals surface area contributed by atoms with Crippen molar-refractivity contribution in [3.05, 3.63) is 70.1 Å². The lowest BCUT2D eigenvalue weighted by Gasteiger charge is -2.24. The molecule has 1 aliphatic rings. The molecule has 0 saturated carbocycles. The van der Waals surface area contributed by atoms with Gasteiger partial charge in [-0.05, 0) is 29.8 Å². The van der Waals surface area contributed by atoms with Crippen LogP contribution in [0.2, 0.25) is 5.02 Å². The first-order valence-electron chi connectivity index (χ1n) is 9.37. The summed E-state index contributed by atoms with van der Waals surface area (Å²) < 4.78 is 54.8. The van der Waals surface area contributed by atoms with Gasteiger partial charge in [-0.2, -0.15) is 5.26 Å². The fourth-order valence-electron chi connectivity index (χ4n) is 3.72. The van der Waals surface area contributed by atoms with E-state index < -0.39 is 25.6 Å². The maximum atomic E-state index is 12.4. The Labute approximate surface area is 195 Å². The van der Waals surface area contributed by atoms with Gasteiger partial charge < -0.3 is 10.5 Å². The number of fused-ring (bicyclic) bond motifs is 1. The third-order valence-electron chi connectivity index (χ3n) is 5.17. The van der Waals surface area contributed by atoms with Crippen LogP contribution in [0.15, 0.2) is 63.7 Å². The van der Waals surface area contributed by atoms with Crippen molar-refractivity contribution in [2.24, 2.45) is 5.73 Å². The number of allylic oxidation sites excluding steroid dienone is 1. The number of benzene rings is 2. The Morgan fingerprint density at radius 1 is 1.06 bits per heavy atom. The Kier molecular flexibility index (Phi) is 5.48. The first-order valence-corrected chi connectivity index (χ1v) is 13.5. The van der Waals surface area contributed by atoms with E-state index in [-0.39, 0.29) is 27.1 Å². The summed E-state index contributed by atoms with van der Waals surface area (Å²) in [5.41, 5.74) is 8.00. The van der Waals surface area contributed by atoms with Gasteiger partial charge in [-0.15, -0.1) is 5.10 Å². The molecule has 2 heterocycles. The van der Waals surface area contributed by atoms with Gasteiger partial charge in [-0.1, -0.05) is 29.8 Å². The molecule has 4 rings (SSSR count). The minimum absolute atomic E-state index is 0.0330. The lowest BCUT2D eigenvalue weighted by molar-refractivity contribution is 0.379. The molecule has 0 amide bonds. The predicted molar refractivity (Wildman–Crippen MR) is 121 cm³/mol. The molecule has 1 aromatic heterocycles. The van der Waals surface area contributed by atoms with Crippen LogP contribution in [-0.4, -0.2) is 39.5 Å². The van der Waals surface area contributed by atoms with Crippen molar-refractivity contribution in [2.75, 3.05) is 12.5 Å². The fourth-order valence-corrected chi connectivity index (χ4v) is 6.27. The smallest absolute Gasteiger partial charge is 0.244 e. The molecule has 3 aromatic rings. The molecule has 2 aromatic carbocycles. The number of halogens is 1. The third-order valence-corrected chi connectivity index (χ3v) is 7.84. The maximum absolute atomic E-state index is 12.4. The zero-order valence-corrected chi connectivity index (χ0v) is 19.7. The van der Waals surface area contributed by atoms with E-state index in [4.69, 9.17) is 22.1 Å². The summed E-state index contributed by atoms with van der Waals surface area (Å²) in [5.74, 6) is -0.927. The summed E-state index contributed by atoms with van der Waals surface area (Å²) in [6.45, 7) is 0. The summed E-state index contributed by atoms with van der Waals surface area (Å²) in [7, 11) is -7.76. The van der Waals surface area contributed by atoms with E-state index in [0.29, 0.717) is 27.4 Å². The normalized spacial score (nSPS) is 16.1. The molecule has 0 saturated heterocycles. The van der Waals surface area contributed by atoms with Gasteiger partial charge in [-0.3, -0.25) is 5.10 Å². The fraction of sp³-hybridized carbons (Fsp3) is 0.143. The van der Waals surface area contributed by atoms with Crippen LogP contribution in [0.4, 0.5) is 0 Å². The van der Waals surface area contributed by atoms with Gasteiger partial charge >= 0.3 is 0 Å². The van der Waals surface area contributed by atoms with Gasteiger partial charge in [0.05, 0.1) is 27.0 Å². The second kappa shape index (κ2) is 7.91. The number of aromatic nitrogens is 2. The van der Waals surface area contributed by atoms with Crippen molar-refractivity contribution in [2.45, 2.75) is 15.7 Å². The molecule has 0 bridgehead atoms. The average Bonchev–Trinajstić information content (AvgIpc) is 3.14. The third kappa shape index (κ3) is 4.08. The Morgan fingerprint density at radius 2 is 1.70 bits per heavy atom. The number of aromatic amines is 1. The van der Waals surface area contributed by atoms with Gasteiger partial charge in [0.1, 0.15) is 11.6 Å². The van der Waals surface area contributed by atoms with Crippen molar-refractivity contribution >= 4 is 31.3 Å². The minimum Gasteiger partial charge on any atom is -0.420 e. The summed E-state index contributed by atoms with van der Waals surface area (Å²) in [6, 6.07) is 12.8. The molecule has 33 heavy (non-hydrogen) atoms. The number of rotatable bonds is 4. The molecule has 0 radical (unpaired) electrons. The van der Waals surface area contributed by atoms with Crippen LogP contribution in [0, 0.1) is 11.3 Å². The highest BCUT2D eigenvalue weighted by Gasteiger charge is 2.36. The van der Waals surface area contributed by atoms with Gasteiger partial charge in [0.25, 0.3) is 0 Å². The van der Waals surface area contributed by atoms with E-state index in [2.05, 4.69) is 10.2 Å². The molecule has 0 aliphatic carbocycles. The quantitative estimate of drug-likeness (QED) is 0.549. The largest absolute Gasteiger partial charge is 0.420 e.